The lowest BCUT2D eigenvalue weighted by Crippen LogP contribution is -2.45. The first kappa shape index (κ1) is 24.3. The smallest absolute Gasteiger partial charge is 0.230 e. The van der Waals surface area contributed by atoms with Crippen molar-refractivity contribution in [2.45, 2.75) is 51.0 Å². The predicted octanol–water partition coefficient (Wildman–Crippen LogP) is 7.80. The lowest BCUT2D eigenvalue weighted by Gasteiger charge is -2.37. The maximum Gasteiger partial charge on any atom is 0.230 e. The Hall–Kier alpha value is -2.80. The second-order valence-corrected chi connectivity index (χ2v) is 9.95. The minimum absolute atomic E-state index is 0.0180. The van der Waals surface area contributed by atoms with Gasteiger partial charge in [0.2, 0.25) is 5.91 Å². The number of anilines is 1. The summed E-state index contributed by atoms with van der Waals surface area (Å²) in [5.74, 6) is 0.195. The summed E-state index contributed by atoms with van der Waals surface area (Å²) in [5.41, 5.74) is 3.64. The van der Waals surface area contributed by atoms with Gasteiger partial charge in [0.25, 0.3) is 0 Å². The number of carbonyl (C=O) groups excluding carboxylic acids is 1. The van der Waals surface area contributed by atoms with Crippen molar-refractivity contribution in [3.63, 3.8) is 0 Å². The summed E-state index contributed by atoms with van der Waals surface area (Å²) >= 11 is 12.3. The van der Waals surface area contributed by atoms with Gasteiger partial charge in [0.1, 0.15) is 0 Å². The first-order valence-corrected chi connectivity index (χ1v) is 12.5. The average molecular weight is 491 g/mol. The van der Waals surface area contributed by atoms with E-state index < -0.39 is 0 Å². The molecular formula is C29H28Cl2N2O. The Morgan fingerprint density at radius 1 is 1.00 bits per heavy atom. The third-order valence-corrected chi connectivity index (χ3v) is 7.35. The molecule has 3 aromatic carbocycles. The quantitative estimate of drug-likeness (QED) is 0.338. The number of benzene rings is 3. The molecule has 2 atom stereocenters. The molecule has 0 saturated heterocycles. The van der Waals surface area contributed by atoms with Crippen molar-refractivity contribution in [3.05, 3.63) is 99.5 Å². The molecule has 3 aromatic rings. The van der Waals surface area contributed by atoms with E-state index in [4.69, 9.17) is 23.2 Å². The van der Waals surface area contributed by atoms with Gasteiger partial charge in [0.15, 0.2) is 0 Å². The van der Waals surface area contributed by atoms with Crippen molar-refractivity contribution in [2.75, 3.05) is 4.90 Å². The number of hydrogen-bond acceptors (Lipinski definition) is 2. The standard InChI is InChI=1S/C29H28Cl2N2O/c1-20(33(27-15-13-26(31)14-16-27)29(34)23-6-2-3-7-23)28(18-21-9-11-25(30)12-10-21)24-8-4-5-22(17-24)19-32/h4-5,8-17,20,23,28H,2-3,6-7,18H2,1H3. The molecule has 4 rings (SSSR count). The van der Waals surface area contributed by atoms with Gasteiger partial charge in [-0.2, -0.15) is 5.26 Å². The van der Waals surface area contributed by atoms with Crippen molar-refractivity contribution in [1.29, 1.82) is 5.26 Å². The average Bonchev–Trinajstić information content (AvgIpc) is 3.40. The molecule has 174 valence electrons. The fourth-order valence-corrected chi connectivity index (χ4v) is 5.25. The Balaban J connectivity index is 1.76. The summed E-state index contributed by atoms with van der Waals surface area (Å²) in [6.45, 7) is 2.11. The largest absolute Gasteiger partial charge is 0.309 e. The molecule has 1 saturated carbocycles. The van der Waals surface area contributed by atoms with Crippen molar-refractivity contribution in [3.8, 4) is 6.07 Å². The van der Waals surface area contributed by atoms with Crippen molar-refractivity contribution in [1.82, 2.24) is 0 Å². The molecule has 1 aliphatic carbocycles. The van der Waals surface area contributed by atoms with Gasteiger partial charge < -0.3 is 4.90 Å². The topological polar surface area (TPSA) is 44.1 Å². The highest BCUT2D eigenvalue weighted by Gasteiger charge is 2.35. The SMILES string of the molecule is CC(C(Cc1ccc(Cl)cc1)c1cccc(C#N)c1)N(C(=O)C1CCCC1)c1ccc(Cl)cc1. The number of rotatable bonds is 7. The molecule has 0 spiro atoms. The van der Waals surface area contributed by atoms with Crippen LogP contribution in [0.2, 0.25) is 10.0 Å². The molecule has 1 fully saturated rings. The molecule has 1 aliphatic rings. The fraction of sp³-hybridized carbons (Fsp3) is 0.310. The molecule has 0 N–H and O–H groups in total. The molecule has 0 aromatic heterocycles. The zero-order chi connectivity index (χ0) is 24.1. The minimum Gasteiger partial charge on any atom is -0.309 e. The first-order valence-electron chi connectivity index (χ1n) is 11.8. The summed E-state index contributed by atoms with van der Waals surface area (Å²) < 4.78 is 0. The lowest BCUT2D eigenvalue weighted by atomic mass is 9.84. The molecule has 1 amide bonds. The second-order valence-electron chi connectivity index (χ2n) is 9.08. The zero-order valence-electron chi connectivity index (χ0n) is 19.3. The summed E-state index contributed by atoms with van der Waals surface area (Å²) in [7, 11) is 0. The van der Waals surface area contributed by atoms with Gasteiger partial charge in [0, 0.05) is 33.6 Å². The predicted molar refractivity (Wildman–Crippen MR) is 139 cm³/mol. The van der Waals surface area contributed by atoms with E-state index >= 15 is 0 Å². The van der Waals surface area contributed by atoms with Crippen molar-refractivity contribution >= 4 is 34.8 Å². The molecule has 34 heavy (non-hydrogen) atoms. The Kier molecular flexibility index (Phi) is 7.93. The maximum atomic E-state index is 13.9. The van der Waals surface area contributed by atoms with Crippen LogP contribution < -0.4 is 4.90 Å². The van der Waals surface area contributed by atoms with Crippen LogP contribution in [0.3, 0.4) is 0 Å². The summed E-state index contributed by atoms with van der Waals surface area (Å²) in [4.78, 5) is 15.8. The second kappa shape index (κ2) is 11.1. The molecule has 0 radical (unpaired) electrons. The third kappa shape index (κ3) is 5.63. The Morgan fingerprint density at radius 2 is 1.62 bits per heavy atom. The van der Waals surface area contributed by atoms with Crippen LogP contribution in [0.15, 0.2) is 72.8 Å². The van der Waals surface area contributed by atoms with E-state index in [1.807, 2.05) is 71.6 Å². The van der Waals surface area contributed by atoms with Gasteiger partial charge in [-0.3, -0.25) is 4.79 Å². The van der Waals surface area contributed by atoms with Gasteiger partial charge in [-0.1, -0.05) is 60.3 Å². The number of nitriles is 1. The highest BCUT2D eigenvalue weighted by molar-refractivity contribution is 6.30. The number of halogens is 2. The van der Waals surface area contributed by atoms with Crippen LogP contribution >= 0.6 is 23.2 Å². The van der Waals surface area contributed by atoms with Crippen molar-refractivity contribution in [2.24, 2.45) is 5.92 Å². The molecule has 0 aliphatic heterocycles. The van der Waals surface area contributed by atoms with Crippen LogP contribution in [-0.2, 0) is 11.2 Å². The highest BCUT2D eigenvalue weighted by atomic mass is 35.5. The van der Waals surface area contributed by atoms with E-state index in [9.17, 15) is 10.1 Å². The molecule has 2 unspecified atom stereocenters. The number of carbonyl (C=O) groups is 1. The van der Waals surface area contributed by atoms with Crippen LogP contribution in [0, 0.1) is 17.2 Å². The summed E-state index contributed by atoms with van der Waals surface area (Å²) in [6.07, 6.45) is 4.77. The van der Waals surface area contributed by atoms with Gasteiger partial charge in [0.05, 0.1) is 11.6 Å². The number of amides is 1. The minimum atomic E-state index is -0.140. The summed E-state index contributed by atoms with van der Waals surface area (Å²) in [5, 5.41) is 10.8. The molecule has 0 bridgehead atoms. The van der Waals surface area contributed by atoms with Gasteiger partial charge in [-0.05, 0) is 85.8 Å². The van der Waals surface area contributed by atoms with E-state index in [0.29, 0.717) is 15.6 Å². The molecule has 3 nitrogen and oxygen atoms in total. The van der Waals surface area contributed by atoms with Gasteiger partial charge in [-0.25, -0.2) is 0 Å². The van der Waals surface area contributed by atoms with Gasteiger partial charge in [-0.15, -0.1) is 0 Å². The fourth-order valence-electron chi connectivity index (χ4n) is 4.99. The Labute approximate surface area is 211 Å². The summed E-state index contributed by atoms with van der Waals surface area (Å²) in [6, 6.07) is 25.2. The van der Waals surface area contributed by atoms with Gasteiger partial charge >= 0.3 is 0 Å². The Morgan fingerprint density at radius 3 is 2.24 bits per heavy atom. The van der Waals surface area contributed by atoms with Crippen molar-refractivity contribution < 1.29 is 4.79 Å². The molecule has 0 heterocycles. The van der Waals surface area contributed by atoms with Crippen LogP contribution in [0.4, 0.5) is 5.69 Å². The number of hydrogen-bond donors (Lipinski definition) is 0. The van der Waals surface area contributed by atoms with Crippen LogP contribution in [0.1, 0.15) is 55.2 Å². The van der Waals surface area contributed by atoms with E-state index in [2.05, 4.69) is 19.1 Å². The molecule has 5 heteroatoms. The maximum absolute atomic E-state index is 13.9. The van der Waals surface area contributed by atoms with E-state index in [1.54, 1.807) is 0 Å². The molecular weight excluding hydrogens is 463 g/mol. The van der Waals surface area contributed by atoms with E-state index in [0.717, 1.165) is 48.9 Å². The normalized spacial score (nSPS) is 15.5. The third-order valence-electron chi connectivity index (χ3n) is 6.85. The number of nitrogens with zero attached hydrogens (tertiary/aromatic N) is 2. The Bertz CT molecular complexity index is 1160. The first-order chi connectivity index (χ1) is 16.5. The van der Waals surface area contributed by atoms with Crippen LogP contribution in [0.25, 0.3) is 0 Å². The lowest BCUT2D eigenvalue weighted by molar-refractivity contribution is -0.122. The van der Waals surface area contributed by atoms with E-state index in [1.165, 1.54) is 0 Å². The van der Waals surface area contributed by atoms with Crippen LogP contribution in [-0.4, -0.2) is 11.9 Å². The highest BCUT2D eigenvalue weighted by Crippen LogP contribution is 2.35. The van der Waals surface area contributed by atoms with Crippen LogP contribution in [0.5, 0.6) is 0 Å². The monoisotopic (exact) mass is 490 g/mol. The van der Waals surface area contributed by atoms with E-state index in [-0.39, 0.29) is 23.8 Å². The zero-order valence-corrected chi connectivity index (χ0v) is 20.8.